The van der Waals surface area contributed by atoms with E-state index in [0.717, 1.165) is 19.4 Å². The highest BCUT2D eigenvalue weighted by molar-refractivity contribution is 5.79. The van der Waals surface area contributed by atoms with Gasteiger partial charge in [0.2, 0.25) is 5.91 Å². The van der Waals surface area contributed by atoms with Gasteiger partial charge in [-0.25, -0.2) is 0 Å². The van der Waals surface area contributed by atoms with E-state index in [4.69, 9.17) is 4.74 Å². The van der Waals surface area contributed by atoms with Crippen molar-refractivity contribution in [1.82, 2.24) is 4.90 Å². The molecule has 0 N–H and O–H groups in total. The zero-order chi connectivity index (χ0) is 13.9. The highest BCUT2D eigenvalue weighted by atomic mass is 16.5. The Kier molecular flexibility index (Phi) is 4.77. The third-order valence-electron chi connectivity index (χ3n) is 3.17. The van der Waals surface area contributed by atoms with Gasteiger partial charge in [0, 0.05) is 12.5 Å². The molecule has 1 fully saturated rings. The fourth-order valence-electron chi connectivity index (χ4n) is 2.02. The van der Waals surface area contributed by atoms with Crippen molar-refractivity contribution in [2.24, 2.45) is 11.3 Å². The quantitative estimate of drug-likeness (QED) is 0.726. The average Bonchev–Trinajstić information content (AvgIpc) is 2.71. The smallest absolute Gasteiger partial charge is 0.311 e. The summed E-state index contributed by atoms with van der Waals surface area (Å²) < 4.78 is 5.32. The van der Waals surface area contributed by atoms with Crippen molar-refractivity contribution in [3.8, 4) is 0 Å². The van der Waals surface area contributed by atoms with Gasteiger partial charge in [-0.05, 0) is 33.6 Å². The predicted octanol–water partition coefficient (Wildman–Crippen LogP) is 2.22. The molecule has 1 aliphatic rings. The maximum atomic E-state index is 12.0. The first-order chi connectivity index (χ1) is 8.23. The van der Waals surface area contributed by atoms with Crippen LogP contribution in [0.15, 0.2) is 0 Å². The van der Waals surface area contributed by atoms with Gasteiger partial charge in [0.15, 0.2) is 0 Å². The molecule has 4 heteroatoms. The van der Waals surface area contributed by atoms with Gasteiger partial charge in [0.05, 0.1) is 11.5 Å². The summed E-state index contributed by atoms with van der Waals surface area (Å²) in [6, 6.07) is 0.0613. The molecule has 0 saturated carbocycles. The van der Waals surface area contributed by atoms with Crippen molar-refractivity contribution in [2.45, 2.75) is 53.5 Å². The Bertz CT molecular complexity index is 317. The lowest BCUT2D eigenvalue weighted by molar-refractivity contribution is -0.156. The largest absolute Gasteiger partial charge is 0.463 e. The van der Waals surface area contributed by atoms with E-state index < -0.39 is 5.41 Å². The molecular weight excluding hydrogens is 230 g/mol. The van der Waals surface area contributed by atoms with Crippen LogP contribution in [0.3, 0.4) is 0 Å². The van der Waals surface area contributed by atoms with E-state index in [1.54, 1.807) is 0 Å². The SMILES string of the molecule is CC(C)C(=O)N1CCCC1COC(=O)C(C)(C)C. The number of amides is 1. The summed E-state index contributed by atoms with van der Waals surface area (Å²) in [5, 5.41) is 0. The van der Waals surface area contributed by atoms with Gasteiger partial charge >= 0.3 is 5.97 Å². The second kappa shape index (κ2) is 5.72. The van der Waals surface area contributed by atoms with Crippen LogP contribution in [-0.2, 0) is 14.3 Å². The van der Waals surface area contributed by atoms with Gasteiger partial charge in [-0.2, -0.15) is 0 Å². The number of likely N-dealkylation sites (tertiary alicyclic amines) is 1. The maximum Gasteiger partial charge on any atom is 0.311 e. The van der Waals surface area contributed by atoms with Crippen LogP contribution in [0.4, 0.5) is 0 Å². The van der Waals surface area contributed by atoms with Crippen molar-refractivity contribution in [3.63, 3.8) is 0 Å². The van der Waals surface area contributed by atoms with Crippen LogP contribution in [-0.4, -0.2) is 36.0 Å². The van der Waals surface area contributed by atoms with Crippen LogP contribution in [0.2, 0.25) is 0 Å². The number of nitrogens with zero attached hydrogens (tertiary/aromatic N) is 1. The Hall–Kier alpha value is -1.06. The third-order valence-corrected chi connectivity index (χ3v) is 3.17. The molecule has 1 aliphatic heterocycles. The normalized spacial score (nSPS) is 20.3. The first-order valence-electron chi connectivity index (χ1n) is 6.71. The van der Waals surface area contributed by atoms with E-state index in [1.165, 1.54) is 0 Å². The Balaban J connectivity index is 2.52. The summed E-state index contributed by atoms with van der Waals surface area (Å²) in [5.74, 6) is -0.0421. The van der Waals surface area contributed by atoms with Crippen LogP contribution < -0.4 is 0 Å². The summed E-state index contributed by atoms with van der Waals surface area (Å²) >= 11 is 0. The van der Waals surface area contributed by atoms with Gasteiger partial charge in [0.1, 0.15) is 6.61 Å². The van der Waals surface area contributed by atoms with Gasteiger partial charge in [-0.3, -0.25) is 9.59 Å². The number of carbonyl (C=O) groups is 2. The molecule has 0 bridgehead atoms. The van der Waals surface area contributed by atoms with Crippen molar-refractivity contribution in [1.29, 1.82) is 0 Å². The molecule has 0 aromatic rings. The second-order valence-corrected chi connectivity index (χ2v) is 6.33. The number of esters is 1. The first kappa shape index (κ1) is 15.0. The van der Waals surface area contributed by atoms with E-state index in [0.29, 0.717) is 6.61 Å². The van der Waals surface area contributed by atoms with Crippen molar-refractivity contribution in [3.05, 3.63) is 0 Å². The molecule has 104 valence electrons. The molecule has 1 unspecified atom stereocenters. The van der Waals surface area contributed by atoms with E-state index >= 15 is 0 Å². The fourth-order valence-corrected chi connectivity index (χ4v) is 2.02. The highest BCUT2D eigenvalue weighted by Gasteiger charge is 2.32. The lowest BCUT2D eigenvalue weighted by Crippen LogP contribution is -2.41. The van der Waals surface area contributed by atoms with Crippen molar-refractivity contribution < 1.29 is 14.3 Å². The first-order valence-corrected chi connectivity index (χ1v) is 6.71. The average molecular weight is 255 g/mol. The monoisotopic (exact) mass is 255 g/mol. The minimum absolute atomic E-state index is 0.00363. The predicted molar refractivity (Wildman–Crippen MR) is 70.0 cm³/mol. The lowest BCUT2D eigenvalue weighted by atomic mass is 9.97. The summed E-state index contributed by atoms with van der Waals surface area (Å²) in [6.07, 6.45) is 1.92. The Morgan fingerprint density at radius 2 is 1.94 bits per heavy atom. The molecule has 0 spiro atoms. The topological polar surface area (TPSA) is 46.6 Å². The molecule has 0 radical (unpaired) electrons. The summed E-state index contributed by atoms with van der Waals surface area (Å²) in [5.41, 5.74) is -0.481. The van der Waals surface area contributed by atoms with E-state index in [2.05, 4.69) is 0 Å². The van der Waals surface area contributed by atoms with E-state index in [-0.39, 0.29) is 23.8 Å². The number of hydrogen-bond acceptors (Lipinski definition) is 3. The zero-order valence-corrected chi connectivity index (χ0v) is 12.2. The standard InChI is InChI=1S/C14H25NO3/c1-10(2)12(16)15-8-6-7-11(15)9-18-13(17)14(3,4)5/h10-11H,6-9H2,1-5H3. The Labute approximate surface area is 110 Å². The fraction of sp³-hybridized carbons (Fsp3) is 0.857. The van der Waals surface area contributed by atoms with Crippen LogP contribution in [0, 0.1) is 11.3 Å². The molecule has 4 nitrogen and oxygen atoms in total. The van der Waals surface area contributed by atoms with Crippen molar-refractivity contribution >= 4 is 11.9 Å². The van der Waals surface area contributed by atoms with Crippen molar-refractivity contribution in [2.75, 3.05) is 13.2 Å². The highest BCUT2D eigenvalue weighted by Crippen LogP contribution is 2.22. The van der Waals surface area contributed by atoms with Gasteiger partial charge in [-0.1, -0.05) is 13.8 Å². The molecule has 18 heavy (non-hydrogen) atoms. The molecule has 1 rings (SSSR count). The Morgan fingerprint density at radius 1 is 1.33 bits per heavy atom. The number of carbonyl (C=O) groups excluding carboxylic acids is 2. The molecule has 0 aliphatic carbocycles. The zero-order valence-electron chi connectivity index (χ0n) is 12.2. The minimum atomic E-state index is -0.481. The minimum Gasteiger partial charge on any atom is -0.463 e. The van der Waals surface area contributed by atoms with E-state index in [9.17, 15) is 9.59 Å². The molecule has 0 aromatic carbocycles. The van der Waals surface area contributed by atoms with Crippen LogP contribution >= 0.6 is 0 Å². The molecule has 1 amide bonds. The van der Waals surface area contributed by atoms with Gasteiger partial charge in [-0.15, -0.1) is 0 Å². The van der Waals surface area contributed by atoms with Gasteiger partial charge in [0.25, 0.3) is 0 Å². The molecular formula is C14H25NO3. The number of hydrogen-bond donors (Lipinski definition) is 0. The van der Waals surface area contributed by atoms with Gasteiger partial charge < -0.3 is 9.64 Å². The second-order valence-electron chi connectivity index (χ2n) is 6.33. The van der Waals surface area contributed by atoms with Crippen LogP contribution in [0.25, 0.3) is 0 Å². The summed E-state index contributed by atoms with van der Waals surface area (Å²) in [7, 11) is 0. The lowest BCUT2D eigenvalue weighted by Gasteiger charge is -2.27. The molecule has 1 atom stereocenters. The number of rotatable bonds is 3. The Morgan fingerprint density at radius 3 is 2.44 bits per heavy atom. The number of ether oxygens (including phenoxy) is 1. The van der Waals surface area contributed by atoms with E-state index in [1.807, 2.05) is 39.5 Å². The maximum absolute atomic E-state index is 12.0. The molecule has 0 aromatic heterocycles. The summed E-state index contributed by atoms with van der Waals surface area (Å²) in [4.78, 5) is 25.6. The summed E-state index contributed by atoms with van der Waals surface area (Å²) in [6.45, 7) is 10.4. The molecule has 1 heterocycles. The third kappa shape index (κ3) is 3.72. The van der Waals surface area contributed by atoms with Crippen LogP contribution in [0.5, 0.6) is 0 Å². The molecule has 1 saturated heterocycles. The van der Waals surface area contributed by atoms with Crippen LogP contribution in [0.1, 0.15) is 47.5 Å².